The number of carbonyl (C=O) groups is 2. The zero-order valence-corrected chi connectivity index (χ0v) is 8.53. The Labute approximate surface area is 88.3 Å². The maximum atomic E-state index is 11.1. The van der Waals surface area contributed by atoms with Gasteiger partial charge in [-0.1, -0.05) is 6.08 Å². The minimum absolute atomic E-state index is 0.0585. The van der Waals surface area contributed by atoms with E-state index in [9.17, 15) is 9.59 Å². The molecule has 0 aliphatic carbocycles. The van der Waals surface area contributed by atoms with Crippen molar-refractivity contribution < 1.29 is 14.3 Å². The number of hydrogen-bond acceptors (Lipinski definition) is 3. The lowest BCUT2D eigenvalue weighted by Crippen LogP contribution is -2.26. The molecule has 0 bridgehead atoms. The third-order valence-corrected chi connectivity index (χ3v) is 1.65. The van der Waals surface area contributed by atoms with Crippen LogP contribution in [0.2, 0.25) is 0 Å². The van der Waals surface area contributed by atoms with Crippen molar-refractivity contribution in [3.63, 3.8) is 0 Å². The van der Waals surface area contributed by atoms with Crippen molar-refractivity contribution in [1.29, 1.82) is 0 Å². The second kappa shape index (κ2) is 5.80. The van der Waals surface area contributed by atoms with E-state index in [-0.39, 0.29) is 18.2 Å². The molecule has 4 heteroatoms. The van der Waals surface area contributed by atoms with Gasteiger partial charge in [0.2, 0.25) is 5.91 Å². The number of carbonyl (C=O) groups excluding carboxylic acids is 2. The SMILES string of the molecule is CC(=O)CNC(=O)/C=C/C1=CC=CCO1. The number of amides is 1. The van der Waals surface area contributed by atoms with Crippen molar-refractivity contribution in [1.82, 2.24) is 5.32 Å². The molecule has 0 aromatic heterocycles. The highest BCUT2D eigenvalue weighted by Gasteiger charge is 1.99. The van der Waals surface area contributed by atoms with E-state index in [1.807, 2.05) is 12.2 Å². The molecule has 0 atom stereocenters. The highest BCUT2D eigenvalue weighted by molar-refractivity contribution is 5.91. The molecule has 0 saturated heterocycles. The van der Waals surface area contributed by atoms with Gasteiger partial charge in [-0.15, -0.1) is 0 Å². The van der Waals surface area contributed by atoms with E-state index >= 15 is 0 Å². The molecule has 0 aromatic carbocycles. The summed E-state index contributed by atoms with van der Waals surface area (Å²) in [6.45, 7) is 2.00. The van der Waals surface area contributed by atoms with Gasteiger partial charge in [-0.3, -0.25) is 9.59 Å². The van der Waals surface area contributed by atoms with Gasteiger partial charge >= 0.3 is 0 Å². The summed E-state index contributed by atoms with van der Waals surface area (Å²) in [5.74, 6) is 0.257. The Morgan fingerprint density at radius 2 is 2.40 bits per heavy atom. The summed E-state index contributed by atoms with van der Waals surface area (Å²) < 4.78 is 5.19. The molecular weight excluding hydrogens is 194 g/mol. The van der Waals surface area contributed by atoms with Crippen molar-refractivity contribution in [2.24, 2.45) is 0 Å². The first-order chi connectivity index (χ1) is 7.18. The molecule has 0 radical (unpaired) electrons. The average molecular weight is 207 g/mol. The minimum atomic E-state index is -0.302. The molecule has 1 rings (SSSR count). The Balaban J connectivity index is 2.36. The van der Waals surface area contributed by atoms with E-state index in [0.29, 0.717) is 12.4 Å². The maximum absolute atomic E-state index is 11.1. The summed E-state index contributed by atoms with van der Waals surface area (Å²) >= 11 is 0. The minimum Gasteiger partial charge on any atom is -0.490 e. The molecule has 0 saturated carbocycles. The number of ketones is 1. The molecule has 0 aromatic rings. The third kappa shape index (κ3) is 4.81. The van der Waals surface area contributed by atoms with Gasteiger partial charge in [0, 0.05) is 6.08 Å². The molecular formula is C11H13NO3. The summed E-state index contributed by atoms with van der Waals surface area (Å²) in [5.41, 5.74) is 0. The van der Waals surface area contributed by atoms with Gasteiger partial charge in [0.1, 0.15) is 18.1 Å². The molecule has 1 N–H and O–H groups in total. The number of ether oxygens (including phenoxy) is 1. The first-order valence-corrected chi connectivity index (χ1v) is 4.63. The standard InChI is InChI=1S/C11H13NO3/c1-9(13)8-12-11(14)6-5-10-4-2-3-7-15-10/h2-6H,7-8H2,1H3,(H,12,14)/b6-5+. The van der Waals surface area contributed by atoms with E-state index in [1.165, 1.54) is 13.0 Å². The van der Waals surface area contributed by atoms with Crippen molar-refractivity contribution >= 4 is 11.7 Å². The molecule has 4 nitrogen and oxygen atoms in total. The Hall–Kier alpha value is -1.84. The Morgan fingerprint density at radius 3 is 3.00 bits per heavy atom. The predicted octanol–water partition coefficient (Wildman–Crippen LogP) is 0.718. The van der Waals surface area contributed by atoms with E-state index in [1.54, 1.807) is 12.2 Å². The van der Waals surface area contributed by atoms with Gasteiger partial charge in [-0.05, 0) is 25.2 Å². The fourth-order valence-corrected chi connectivity index (χ4v) is 0.943. The van der Waals surface area contributed by atoms with Crippen LogP contribution in [0.1, 0.15) is 6.92 Å². The molecule has 0 unspecified atom stereocenters. The number of Topliss-reactive ketones (excluding diaryl/α,β-unsaturated/α-hetero) is 1. The third-order valence-electron chi connectivity index (χ3n) is 1.65. The number of rotatable bonds is 4. The molecule has 0 spiro atoms. The van der Waals surface area contributed by atoms with Gasteiger partial charge in [0.15, 0.2) is 0 Å². The fourth-order valence-electron chi connectivity index (χ4n) is 0.943. The van der Waals surface area contributed by atoms with Crippen LogP contribution in [0.15, 0.2) is 36.1 Å². The van der Waals surface area contributed by atoms with Crippen LogP contribution in [0.4, 0.5) is 0 Å². The highest BCUT2D eigenvalue weighted by Crippen LogP contribution is 2.04. The summed E-state index contributed by atoms with van der Waals surface area (Å²) in [6.07, 6.45) is 8.40. The van der Waals surface area contributed by atoms with Crippen LogP contribution in [0, 0.1) is 0 Å². The smallest absolute Gasteiger partial charge is 0.244 e. The first kappa shape index (κ1) is 11.2. The molecule has 1 heterocycles. The summed E-state index contributed by atoms with van der Waals surface area (Å²) in [5, 5.41) is 2.45. The van der Waals surface area contributed by atoms with Crippen molar-refractivity contribution in [3.05, 3.63) is 36.1 Å². The summed E-state index contributed by atoms with van der Waals surface area (Å²) in [7, 11) is 0. The van der Waals surface area contributed by atoms with Crippen LogP contribution >= 0.6 is 0 Å². The Kier molecular flexibility index (Phi) is 4.34. The highest BCUT2D eigenvalue weighted by atomic mass is 16.5. The summed E-state index contributed by atoms with van der Waals surface area (Å²) in [4.78, 5) is 21.7. The van der Waals surface area contributed by atoms with Crippen LogP contribution in [0.5, 0.6) is 0 Å². The van der Waals surface area contributed by atoms with Crippen LogP contribution in [-0.4, -0.2) is 24.8 Å². The quantitative estimate of drug-likeness (QED) is 0.691. The monoisotopic (exact) mass is 207 g/mol. The Morgan fingerprint density at radius 1 is 1.60 bits per heavy atom. The number of hydrogen-bond donors (Lipinski definition) is 1. The van der Waals surface area contributed by atoms with E-state index < -0.39 is 0 Å². The van der Waals surface area contributed by atoms with E-state index in [4.69, 9.17) is 4.74 Å². The summed E-state index contributed by atoms with van der Waals surface area (Å²) in [6, 6.07) is 0. The van der Waals surface area contributed by atoms with E-state index in [2.05, 4.69) is 5.32 Å². The van der Waals surface area contributed by atoms with Crippen molar-refractivity contribution in [3.8, 4) is 0 Å². The Bertz CT molecular complexity index is 340. The lowest BCUT2D eigenvalue weighted by molar-refractivity contribution is -0.121. The predicted molar refractivity (Wildman–Crippen MR) is 56.0 cm³/mol. The topological polar surface area (TPSA) is 55.4 Å². The fraction of sp³-hybridized carbons (Fsp3) is 0.273. The van der Waals surface area contributed by atoms with Gasteiger partial charge < -0.3 is 10.1 Å². The maximum Gasteiger partial charge on any atom is 0.244 e. The van der Waals surface area contributed by atoms with Crippen LogP contribution in [0.25, 0.3) is 0 Å². The first-order valence-electron chi connectivity index (χ1n) is 4.63. The molecule has 15 heavy (non-hydrogen) atoms. The van der Waals surface area contributed by atoms with Gasteiger partial charge in [-0.2, -0.15) is 0 Å². The van der Waals surface area contributed by atoms with Crippen molar-refractivity contribution in [2.45, 2.75) is 6.92 Å². The van der Waals surface area contributed by atoms with Crippen LogP contribution in [-0.2, 0) is 14.3 Å². The largest absolute Gasteiger partial charge is 0.490 e. The molecule has 1 aliphatic rings. The lowest BCUT2D eigenvalue weighted by atomic mass is 10.3. The van der Waals surface area contributed by atoms with Gasteiger partial charge in [0.05, 0.1) is 6.54 Å². The molecule has 0 fully saturated rings. The molecule has 1 amide bonds. The van der Waals surface area contributed by atoms with Gasteiger partial charge in [-0.25, -0.2) is 0 Å². The van der Waals surface area contributed by atoms with Gasteiger partial charge in [0.25, 0.3) is 0 Å². The molecule has 1 aliphatic heterocycles. The second-order valence-corrected chi connectivity index (χ2v) is 3.06. The number of allylic oxidation sites excluding steroid dienone is 3. The molecule has 80 valence electrons. The second-order valence-electron chi connectivity index (χ2n) is 3.06. The normalized spacial score (nSPS) is 14.6. The lowest BCUT2D eigenvalue weighted by Gasteiger charge is -2.06. The van der Waals surface area contributed by atoms with E-state index in [0.717, 1.165) is 0 Å². The van der Waals surface area contributed by atoms with Crippen molar-refractivity contribution in [2.75, 3.05) is 13.2 Å². The zero-order valence-electron chi connectivity index (χ0n) is 8.53. The van der Waals surface area contributed by atoms with Crippen LogP contribution < -0.4 is 5.32 Å². The van der Waals surface area contributed by atoms with Crippen LogP contribution in [0.3, 0.4) is 0 Å². The average Bonchev–Trinajstić information content (AvgIpc) is 2.25. The zero-order chi connectivity index (χ0) is 11.1. The number of nitrogens with one attached hydrogen (secondary N) is 1.